The second-order valence-corrected chi connectivity index (χ2v) is 5.05. The molecular formula is C14H13F3N2O2. The van der Waals surface area contributed by atoms with Crippen LogP contribution in [-0.2, 0) is 10.9 Å². The van der Waals surface area contributed by atoms with Crippen LogP contribution in [0.1, 0.15) is 29.3 Å². The van der Waals surface area contributed by atoms with E-state index in [-0.39, 0.29) is 11.8 Å². The first-order valence-electron chi connectivity index (χ1n) is 6.55. The van der Waals surface area contributed by atoms with Gasteiger partial charge in [-0.05, 0) is 31.0 Å². The Hall–Kier alpha value is -1.89. The lowest BCUT2D eigenvalue weighted by Gasteiger charge is -2.08. The minimum atomic E-state index is -4.40. The van der Waals surface area contributed by atoms with Gasteiger partial charge < -0.3 is 9.26 Å². The van der Waals surface area contributed by atoms with E-state index >= 15 is 0 Å². The quantitative estimate of drug-likeness (QED) is 0.850. The van der Waals surface area contributed by atoms with Crippen LogP contribution in [0, 0.1) is 6.92 Å². The molecule has 1 aliphatic heterocycles. The maximum atomic E-state index is 12.8. The van der Waals surface area contributed by atoms with E-state index in [2.05, 4.69) is 10.1 Å². The SMILES string of the molecule is Cc1ccc(C(F)(F)F)cc1-c1nc(C2CCOC2)no1. The Labute approximate surface area is 118 Å². The average Bonchev–Trinajstić information content (AvgIpc) is 3.09. The van der Waals surface area contributed by atoms with Crippen molar-refractivity contribution in [1.29, 1.82) is 0 Å². The number of nitrogens with zero attached hydrogens (tertiary/aromatic N) is 2. The highest BCUT2D eigenvalue weighted by molar-refractivity contribution is 5.59. The summed E-state index contributed by atoms with van der Waals surface area (Å²) in [5.41, 5.74) is 0.232. The highest BCUT2D eigenvalue weighted by Gasteiger charge is 2.31. The van der Waals surface area contributed by atoms with Crippen molar-refractivity contribution < 1.29 is 22.4 Å². The molecule has 0 bridgehead atoms. The summed E-state index contributed by atoms with van der Waals surface area (Å²) < 4.78 is 48.7. The van der Waals surface area contributed by atoms with Gasteiger partial charge in [0.2, 0.25) is 0 Å². The lowest BCUT2D eigenvalue weighted by atomic mass is 10.0. The molecule has 4 nitrogen and oxygen atoms in total. The molecule has 1 aromatic heterocycles. The van der Waals surface area contributed by atoms with E-state index in [9.17, 15) is 13.2 Å². The predicted molar refractivity (Wildman–Crippen MR) is 67.7 cm³/mol. The predicted octanol–water partition coefficient (Wildman–Crippen LogP) is 3.57. The van der Waals surface area contributed by atoms with Gasteiger partial charge in [-0.15, -0.1) is 0 Å². The van der Waals surface area contributed by atoms with Crippen molar-refractivity contribution in [2.45, 2.75) is 25.4 Å². The summed E-state index contributed by atoms with van der Waals surface area (Å²) in [6.45, 7) is 2.86. The molecule has 1 fully saturated rings. The Kier molecular flexibility index (Phi) is 3.44. The Morgan fingerprint density at radius 2 is 2.10 bits per heavy atom. The third-order valence-electron chi connectivity index (χ3n) is 3.53. The summed E-state index contributed by atoms with van der Waals surface area (Å²) in [6, 6.07) is 3.49. The topological polar surface area (TPSA) is 48.2 Å². The number of rotatable bonds is 2. The van der Waals surface area contributed by atoms with Crippen LogP contribution in [0.4, 0.5) is 13.2 Å². The van der Waals surface area contributed by atoms with E-state index < -0.39 is 11.7 Å². The monoisotopic (exact) mass is 298 g/mol. The van der Waals surface area contributed by atoms with Crippen LogP contribution >= 0.6 is 0 Å². The lowest BCUT2D eigenvalue weighted by molar-refractivity contribution is -0.137. The van der Waals surface area contributed by atoms with Crippen molar-refractivity contribution in [2.75, 3.05) is 13.2 Å². The zero-order valence-electron chi connectivity index (χ0n) is 11.3. The van der Waals surface area contributed by atoms with Gasteiger partial charge in [0.05, 0.1) is 12.2 Å². The fraction of sp³-hybridized carbons (Fsp3) is 0.429. The van der Waals surface area contributed by atoms with Gasteiger partial charge in [0, 0.05) is 18.1 Å². The molecule has 21 heavy (non-hydrogen) atoms. The zero-order valence-corrected chi connectivity index (χ0v) is 11.3. The minimum Gasteiger partial charge on any atom is -0.381 e. The van der Waals surface area contributed by atoms with Gasteiger partial charge in [-0.25, -0.2) is 0 Å². The first kappa shape index (κ1) is 14.1. The van der Waals surface area contributed by atoms with Gasteiger partial charge in [0.25, 0.3) is 5.89 Å². The maximum Gasteiger partial charge on any atom is 0.416 e. The Bertz CT molecular complexity index is 646. The Morgan fingerprint density at radius 3 is 2.76 bits per heavy atom. The molecule has 2 heterocycles. The van der Waals surface area contributed by atoms with Crippen molar-refractivity contribution in [2.24, 2.45) is 0 Å². The van der Waals surface area contributed by atoms with Gasteiger partial charge in [-0.2, -0.15) is 18.2 Å². The fourth-order valence-electron chi connectivity index (χ4n) is 2.28. The summed E-state index contributed by atoms with van der Waals surface area (Å²) in [5.74, 6) is 0.647. The summed E-state index contributed by atoms with van der Waals surface area (Å²) in [7, 11) is 0. The van der Waals surface area contributed by atoms with Crippen LogP contribution in [0.5, 0.6) is 0 Å². The number of aromatic nitrogens is 2. The van der Waals surface area contributed by atoms with E-state index in [1.807, 2.05) is 0 Å². The number of alkyl halides is 3. The largest absolute Gasteiger partial charge is 0.416 e. The van der Waals surface area contributed by atoms with Gasteiger partial charge in [-0.3, -0.25) is 0 Å². The van der Waals surface area contributed by atoms with Gasteiger partial charge >= 0.3 is 6.18 Å². The van der Waals surface area contributed by atoms with Crippen molar-refractivity contribution >= 4 is 0 Å². The number of hydrogen-bond acceptors (Lipinski definition) is 4. The number of halogens is 3. The van der Waals surface area contributed by atoms with E-state index in [4.69, 9.17) is 9.26 Å². The maximum absolute atomic E-state index is 12.8. The molecule has 3 rings (SSSR count). The number of hydrogen-bond donors (Lipinski definition) is 0. The van der Waals surface area contributed by atoms with Crippen LogP contribution in [-0.4, -0.2) is 23.4 Å². The van der Waals surface area contributed by atoms with Gasteiger partial charge in [0.1, 0.15) is 0 Å². The second kappa shape index (κ2) is 5.14. The van der Waals surface area contributed by atoms with Crippen molar-refractivity contribution in [3.8, 4) is 11.5 Å². The molecule has 1 atom stereocenters. The molecule has 0 radical (unpaired) electrons. The lowest BCUT2D eigenvalue weighted by Crippen LogP contribution is -2.05. The molecule has 1 unspecified atom stereocenters. The standard InChI is InChI=1S/C14H13F3N2O2/c1-8-2-3-10(14(15,16)17)6-11(8)13-18-12(19-21-13)9-4-5-20-7-9/h2-3,6,9H,4-5,7H2,1H3. The normalized spacial score (nSPS) is 19.1. The molecule has 7 heteroatoms. The summed E-state index contributed by atoms with van der Waals surface area (Å²) in [4.78, 5) is 4.22. The third kappa shape index (κ3) is 2.78. The van der Waals surface area contributed by atoms with Crippen LogP contribution in [0.3, 0.4) is 0 Å². The smallest absolute Gasteiger partial charge is 0.381 e. The molecular weight excluding hydrogens is 285 g/mol. The van der Waals surface area contributed by atoms with Gasteiger partial charge in [0.15, 0.2) is 5.82 Å². The minimum absolute atomic E-state index is 0.0496. The molecule has 1 aromatic carbocycles. The molecule has 112 valence electrons. The molecule has 0 spiro atoms. The zero-order chi connectivity index (χ0) is 15.0. The summed E-state index contributed by atoms with van der Waals surface area (Å²) in [6.07, 6.45) is -3.61. The van der Waals surface area contributed by atoms with Crippen LogP contribution in [0.2, 0.25) is 0 Å². The number of benzene rings is 1. The summed E-state index contributed by atoms with van der Waals surface area (Å²) >= 11 is 0. The van der Waals surface area contributed by atoms with E-state index in [0.717, 1.165) is 18.6 Å². The third-order valence-corrected chi connectivity index (χ3v) is 3.53. The molecule has 0 aliphatic carbocycles. The second-order valence-electron chi connectivity index (χ2n) is 5.05. The first-order valence-corrected chi connectivity index (χ1v) is 6.55. The molecule has 1 saturated heterocycles. The first-order chi connectivity index (χ1) is 9.95. The van der Waals surface area contributed by atoms with Crippen LogP contribution in [0.25, 0.3) is 11.5 Å². The van der Waals surface area contributed by atoms with E-state index in [1.165, 1.54) is 6.07 Å². The average molecular weight is 298 g/mol. The van der Waals surface area contributed by atoms with Crippen LogP contribution < -0.4 is 0 Å². The fourth-order valence-corrected chi connectivity index (χ4v) is 2.28. The van der Waals surface area contributed by atoms with E-state index in [1.54, 1.807) is 6.92 Å². The van der Waals surface area contributed by atoms with Gasteiger partial charge in [-0.1, -0.05) is 11.2 Å². The number of ether oxygens (including phenoxy) is 1. The highest BCUT2D eigenvalue weighted by atomic mass is 19.4. The highest BCUT2D eigenvalue weighted by Crippen LogP contribution is 2.34. The Morgan fingerprint density at radius 1 is 1.29 bits per heavy atom. The molecule has 2 aromatic rings. The van der Waals surface area contributed by atoms with Crippen LogP contribution in [0.15, 0.2) is 22.7 Å². The molecule has 0 N–H and O–H groups in total. The van der Waals surface area contributed by atoms with Crippen molar-refractivity contribution in [3.63, 3.8) is 0 Å². The van der Waals surface area contributed by atoms with Crippen molar-refractivity contribution in [1.82, 2.24) is 10.1 Å². The van der Waals surface area contributed by atoms with Crippen molar-refractivity contribution in [3.05, 3.63) is 35.2 Å². The molecule has 1 aliphatic rings. The Balaban J connectivity index is 1.96. The number of aryl methyl sites for hydroxylation is 1. The summed E-state index contributed by atoms with van der Waals surface area (Å²) in [5, 5.41) is 3.86. The molecule has 0 saturated carbocycles. The van der Waals surface area contributed by atoms with E-state index in [0.29, 0.717) is 30.2 Å². The molecule has 0 amide bonds.